The Morgan fingerprint density at radius 3 is 2.92 bits per heavy atom. The van der Waals surface area contributed by atoms with Crippen LogP contribution in [0.25, 0.3) is 0 Å². The van der Waals surface area contributed by atoms with E-state index < -0.39 is 0 Å². The summed E-state index contributed by atoms with van der Waals surface area (Å²) in [6.07, 6.45) is 2.93. The van der Waals surface area contributed by atoms with Gasteiger partial charge >= 0.3 is 0 Å². The summed E-state index contributed by atoms with van der Waals surface area (Å²) in [4.78, 5) is 11.3. The van der Waals surface area contributed by atoms with E-state index in [4.69, 9.17) is 0 Å². The average molecular weight is 167 g/mol. The van der Waals surface area contributed by atoms with E-state index in [-0.39, 0.29) is 5.78 Å². The highest BCUT2D eigenvalue weighted by molar-refractivity contribution is 5.93. The van der Waals surface area contributed by atoms with Gasteiger partial charge in [0.2, 0.25) is 0 Å². The third-order valence-electron chi connectivity index (χ3n) is 1.65. The highest BCUT2D eigenvalue weighted by atomic mass is 16.1. The van der Waals surface area contributed by atoms with E-state index in [0.29, 0.717) is 18.0 Å². The number of rotatable bonds is 4. The largest absolute Gasteiger partial charge is 0.292 e. The second-order valence-corrected chi connectivity index (χ2v) is 3.21. The molecular weight excluding hydrogens is 154 g/mol. The van der Waals surface area contributed by atoms with Crippen molar-refractivity contribution in [2.75, 3.05) is 0 Å². The maximum absolute atomic E-state index is 11.3. The van der Waals surface area contributed by atoms with Crippen LogP contribution in [0.5, 0.6) is 0 Å². The fraction of sp³-hybridized carbons (Fsp3) is 0.625. The molecule has 0 aliphatic heterocycles. The molecule has 0 unspecified atom stereocenters. The van der Waals surface area contributed by atoms with E-state index in [9.17, 15) is 4.79 Å². The number of hydrogen-bond acceptors (Lipinski definition) is 3. The summed E-state index contributed by atoms with van der Waals surface area (Å²) in [5, 5.41) is 9.70. The molecule has 0 bridgehead atoms. The van der Waals surface area contributed by atoms with Crippen molar-refractivity contribution >= 4 is 5.78 Å². The smallest absolute Gasteiger partial charge is 0.184 e. The molecule has 12 heavy (non-hydrogen) atoms. The van der Waals surface area contributed by atoms with E-state index in [1.807, 2.05) is 0 Å². The summed E-state index contributed by atoms with van der Waals surface area (Å²) < 4.78 is 0. The zero-order valence-corrected chi connectivity index (χ0v) is 7.37. The van der Waals surface area contributed by atoms with Crippen molar-refractivity contribution in [1.82, 2.24) is 15.4 Å². The van der Waals surface area contributed by atoms with Crippen LogP contribution >= 0.6 is 0 Å². The van der Waals surface area contributed by atoms with E-state index >= 15 is 0 Å². The van der Waals surface area contributed by atoms with E-state index in [2.05, 4.69) is 29.3 Å². The lowest BCUT2D eigenvalue weighted by molar-refractivity contribution is 0.0970. The maximum Gasteiger partial charge on any atom is 0.184 e. The van der Waals surface area contributed by atoms with Crippen LogP contribution in [0.1, 0.15) is 37.2 Å². The Morgan fingerprint density at radius 2 is 2.42 bits per heavy atom. The Balaban J connectivity index is 2.40. The first-order valence-corrected chi connectivity index (χ1v) is 4.09. The number of H-pyrrole nitrogens is 1. The number of aromatic nitrogens is 3. The van der Waals surface area contributed by atoms with Gasteiger partial charge in [-0.2, -0.15) is 15.4 Å². The lowest BCUT2D eigenvalue weighted by atomic mass is 10.1. The number of carbonyl (C=O) groups is 1. The molecule has 0 amide bonds. The molecule has 1 heterocycles. The molecule has 0 aromatic carbocycles. The van der Waals surface area contributed by atoms with Gasteiger partial charge in [-0.3, -0.25) is 4.79 Å². The van der Waals surface area contributed by atoms with E-state index in [1.54, 1.807) is 0 Å². The minimum atomic E-state index is 0.0671. The lowest BCUT2D eigenvalue weighted by Crippen LogP contribution is -2.01. The third kappa shape index (κ3) is 2.45. The SMILES string of the molecule is CC(C)CCC(=O)c1cn[nH]n1. The summed E-state index contributed by atoms with van der Waals surface area (Å²) in [7, 11) is 0. The van der Waals surface area contributed by atoms with Crippen LogP contribution in [0, 0.1) is 5.92 Å². The van der Waals surface area contributed by atoms with Crippen molar-refractivity contribution < 1.29 is 4.79 Å². The first-order chi connectivity index (χ1) is 5.70. The van der Waals surface area contributed by atoms with Gasteiger partial charge in [-0.25, -0.2) is 0 Å². The summed E-state index contributed by atoms with van der Waals surface area (Å²) in [5.74, 6) is 0.623. The van der Waals surface area contributed by atoms with Crippen molar-refractivity contribution in [3.63, 3.8) is 0 Å². The third-order valence-corrected chi connectivity index (χ3v) is 1.65. The molecule has 4 nitrogen and oxygen atoms in total. The average Bonchev–Trinajstić information content (AvgIpc) is 2.51. The Hall–Kier alpha value is -1.19. The summed E-state index contributed by atoms with van der Waals surface area (Å²) >= 11 is 0. The second kappa shape index (κ2) is 3.99. The van der Waals surface area contributed by atoms with Crippen molar-refractivity contribution in [3.05, 3.63) is 11.9 Å². The van der Waals surface area contributed by atoms with Gasteiger partial charge in [-0.1, -0.05) is 13.8 Å². The second-order valence-electron chi connectivity index (χ2n) is 3.21. The Labute approximate surface area is 71.4 Å². The minimum absolute atomic E-state index is 0.0671. The maximum atomic E-state index is 11.3. The number of nitrogens with zero attached hydrogens (tertiary/aromatic N) is 2. The lowest BCUT2D eigenvalue weighted by Gasteiger charge is -2.00. The van der Waals surface area contributed by atoms with Crippen LogP contribution < -0.4 is 0 Å². The number of nitrogens with one attached hydrogen (secondary N) is 1. The quantitative estimate of drug-likeness (QED) is 0.690. The van der Waals surface area contributed by atoms with Gasteiger partial charge in [0, 0.05) is 6.42 Å². The zero-order valence-electron chi connectivity index (χ0n) is 7.37. The van der Waals surface area contributed by atoms with E-state index in [1.165, 1.54) is 6.20 Å². The monoisotopic (exact) mass is 167 g/mol. The number of carbonyl (C=O) groups excluding carboxylic acids is 1. The molecule has 66 valence electrons. The standard InChI is InChI=1S/C8H13N3O/c1-6(2)3-4-8(12)7-5-9-11-10-7/h5-6H,3-4H2,1-2H3,(H,9,10,11). The molecule has 4 heteroatoms. The van der Waals surface area contributed by atoms with Crippen molar-refractivity contribution in [1.29, 1.82) is 0 Å². The molecule has 0 fully saturated rings. The van der Waals surface area contributed by atoms with Crippen LogP contribution in [-0.4, -0.2) is 21.2 Å². The van der Waals surface area contributed by atoms with Gasteiger partial charge in [0.05, 0.1) is 6.20 Å². The normalized spacial score (nSPS) is 10.6. The van der Waals surface area contributed by atoms with Crippen LogP contribution in [-0.2, 0) is 0 Å². The van der Waals surface area contributed by atoms with Gasteiger partial charge in [0.1, 0.15) is 5.69 Å². The number of Topliss-reactive ketones (excluding diaryl/α,β-unsaturated/α-hetero) is 1. The predicted molar refractivity (Wildman–Crippen MR) is 44.8 cm³/mol. The van der Waals surface area contributed by atoms with Crippen LogP contribution in [0.3, 0.4) is 0 Å². The van der Waals surface area contributed by atoms with Crippen molar-refractivity contribution in [2.45, 2.75) is 26.7 Å². The molecule has 0 saturated heterocycles. The Morgan fingerprint density at radius 1 is 1.67 bits per heavy atom. The van der Waals surface area contributed by atoms with Gasteiger partial charge in [-0.15, -0.1) is 0 Å². The first-order valence-electron chi connectivity index (χ1n) is 4.09. The molecule has 1 rings (SSSR count). The number of ketones is 1. The topological polar surface area (TPSA) is 58.6 Å². The Kier molecular flexibility index (Phi) is 2.96. The predicted octanol–water partition coefficient (Wildman–Crippen LogP) is 1.42. The fourth-order valence-electron chi connectivity index (χ4n) is 0.884. The molecule has 0 atom stereocenters. The summed E-state index contributed by atoms with van der Waals surface area (Å²) in [5.41, 5.74) is 0.440. The minimum Gasteiger partial charge on any atom is -0.292 e. The molecule has 0 aliphatic rings. The van der Waals surface area contributed by atoms with Crippen LogP contribution in [0.2, 0.25) is 0 Å². The molecule has 0 spiro atoms. The number of aromatic amines is 1. The van der Waals surface area contributed by atoms with Gasteiger partial charge in [-0.05, 0) is 12.3 Å². The van der Waals surface area contributed by atoms with Gasteiger partial charge < -0.3 is 0 Å². The highest BCUT2D eigenvalue weighted by Gasteiger charge is 2.08. The van der Waals surface area contributed by atoms with Gasteiger partial charge in [0.25, 0.3) is 0 Å². The molecular formula is C8H13N3O. The van der Waals surface area contributed by atoms with Gasteiger partial charge in [0.15, 0.2) is 5.78 Å². The summed E-state index contributed by atoms with van der Waals surface area (Å²) in [6.45, 7) is 4.19. The van der Waals surface area contributed by atoms with Crippen LogP contribution in [0.15, 0.2) is 6.20 Å². The van der Waals surface area contributed by atoms with Crippen molar-refractivity contribution in [2.24, 2.45) is 5.92 Å². The number of hydrogen-bond donors (Lipinski definition) is 1. The van der Waals surface area contributed by atoms with Crippen LogP contribution in [0.4, 0.5) is 0 Å². The summed E-state index contributed by atoms with van der Waals surface area (Å²) in [6, 6.07) is 0. The molecule has 1 aromatic heterocycles. The fourth-order valence-corrected chi connectivity index (χ4v) is 0.884. The molecule has 0 saturated carbocycles. The zero-order chi connectivity index (χ0) is 8.97. The molecule has 1 N–H and O–H groups in total. The molecule has 1 aromatic rings. The molecule has 0 aliphatic carbocycles. The first kappa shape index (κ1) is 8.90. The molecule has 0 radical (unpaired) electrons. The van der Waals surface area contributed by atoms with E-state index in [0.717, 1.165) is 6.42 Å². The Bertz CT molecular complexity index is 241. The van der Waals surface area contributed by atoms with Crippen molar-refractivity contribution in [3.8, 4) is 0 Å². The highest BCUT2D eigenvalue weighted by Crippen LogP contribution is 2.06.